The maximum absolute atomic E-state index is 13.4. The van der Waals surface area contributed by atoms with E-state index in [1.807, 2.05) is 0 Å². The number of nitrogens with two attached hydrogens (primary N) is 1. The van der Waals surface area contributed by atoms with Gasteiger partial charge in [0.2, 0.25) is 0 Å². The van der Waals surface area contributed by atoms with Gasteiger partial charge in [0.25, 0.3) is 0 Å². The largest absolute Gasteiger partial charge is 0.477 e. The summed E-state index contributed by atoms with van der Waals surface area (Å²) in [7, 11) is 0. The number of carbonyl (C=O) groups is 1. The van der Waals surface area contributed by atoms with Crippen LogP contribution >= 0.6 is 11.3 Å². The van der Waals surface area contributed by atoms with Crippen molar-refractivity contribution in [3.05, 3.63) is 34.8 Å². The first kappa shape index (κ1) is 15.2. The summed E-state index contributed by atoms with van der Waals surface area (Å²) in [6.07, 6.45) is -4.04. The van der Waals surface area contributed by atoms with Crippen molar-refractivity contribution in [1.82, 2.24) is 4.98 Å². The molecule has 4 nitrogen and oxygen atoms in total. The second-order valence-electron chi connectivity index (χ2n) is 4.05. The molecular formula is C12H8F4N2O2S. The van der Waals surface area contributed by atoms with Crippen LogP contribution in [0.2, 0.25) is 0 Å². The predicted octanol–water partition coefficient (Wildman–Crippen LogP) is 3.45. The molecule has 0 unspecified atom stereocenters. The van der Waals surface area contributed by atoms with E-state index in [1.54, 1.807) is 0 Å². The number of carboxylic acid groups (broad SMARTS) is 1. The summed E-state index contributed by atoms with van der Waals surface area (Å²) in [5.74, 6) is -6.36. The van der Waals surface area contributed by atoms with Crippen LogP contribution in [0.15, 0.2) is 24.3 Å². The third-order valence-corrected chi connectivity index (χ3v) is 3.66. The summed E-state index contributed by atoms with van der Waals surface area (Å²) in [6, 6.07) is 5.79. The lowest BCUT2D eigenvalue weighted by molar-refractivity contribution is -0.137. The third kappa shape index (κ3) is 2.82. The lowest BCUT2D eigenvalue weighted by Crippen LogP contribution is -2.26. The van der Waals surface area contributed by atoms with E-state index in [2.05, 4.69) is 4.98 Å². The van der Waals surface area contributed by atoms with Crippen LogP contribution in [-0.4, -0.2) is 22.5 Å². The lowest BCUT2D eigenvalue weighted by Gasteiger charge is -2.13. The van der Waals surface area contributed by atoms with Gasteiger partial charge in [-0.15, -0.1) is 11.3 Å². The average Bonchev–Trinajstić information content (AvgIpc) is 2.85. The summed E-state index contributed by atoms with van der Waals surface area (Å²) in [6.45, 7) is 0. The van der Waals surface area contributed by atoms with Crippen LogP contribution in [0.25, 0.3) is 10.6 Å². The molecule has 1 aromatic heterocycles. The minimum atomic E-state index is -4.63. The summed E-state index contributed by atoms with van der Waals surface area (Å²) in [5, 5.41) is 8.79. The van der Waals surface area contributed by atoms with Gasteiger partial charge in [-0.25, -0.2) is 18.6 Å². The van der Waals surface area contributed by atoms with Crippen molar-refractivity contribution in [1.29, 1.82) is 0 Å². The van der Waals surface area contributed by atoms with Crippen molar-refractivity contribution in [3.8, 4) is 10.6 Å². The van der Waals surface area contributed by atoms with Gasteiger partial charge in [-0.2, -0.15) is 8.78 Å². The van der Waals surface area contributed by atoms with Crippen molar-refractivity contribution >= 4 is 23.0 Å². The fourth-order valence-electron chi connectivity index (χ4n) is 1.54. The number of benzene rings is 1. The molecule has 0 atom stereocenters. The molecule has 0 aliphatic heterocycles. The fourth-order valence-corrected chi connectivity index (χ4v) is 2.49. The first-order valence-electron chi connectivity index (χ1n) is 5.50. The van der Waals surface area contributed by atoms with E-state index < -0.39 is 28.9 Å². The number of aromatic carboxylic acids is 1. The molecule has 0 spiro atoms. The minimum Gasteiger partial charge on any atom is -0.477 e. The van der Waals surface area contributed by atoms with Crippen LogP contribution in [0.5, 0.6) is 0 Å². The standard InChI is InChI=1S/C12H8F4N2O2S/c13-11(14)12(15,16)8-7(10(19)20)21-9(18-8)5-1-3-6(17)4-2-5/h1-4,11H,17H2,(H,19,20). The number of halogens is 4. The van der Waals surface area contributed by atoms with Gasteiger partial charge >= 0.3 is 18.3 Å². The summed E-state index contributed by atoms with van der Waals surface area (Å²) >= 11 is 0.406. The Morgan fingerprint density at radius 2 is 1.86 bits per heavy atom. The fraction of sp³-hybridized carbons (Fsp3) is 0.167. The van der Waals surface area contributed by atoms with E-state index in [1.165, 1.54) is 24.3 Å². The quantitative estimate of drug-likeness (QED) is 0.668. The highest BCUT2D eigenvalue weighted by molar-refractivity contribution is 7.17. The number of anilines is 1. The number of hydrogen-bond donors (Lipinski definition) is 2. The first-order chi connectivity index (χ1) is 9.73. The van der Waals surface area contributed by atoms with E-state index in [4.69, 9.17) is 10.8 Å². The summed E-state index contributed by atoms with van der Waals surface area (Å²) in [4.78, 5) is 13.4. The average molecular weight is 320 g/mol. The van der Waals surface area contributed by atoms with E-state index >= 15 is 0 Å². The van der Waals surface area contributed by atoms with Crippen LogP contribution < -0.4 is 5.73 Å². The van der Waals surface area contributed by atoms with Crippen molar-refractivity contribution in [2.75, 3.05) is 5.73 Å². The molecule has 112 valence electrons. The van der Waals surface area contributed by atoms with Crippen LogP contribution in [0.3, 0.4) is 0 Å². The molecule has 0 saturated heterocycles. The van der Waals surface area contributed by atoms with Crippen LogP contribution in [0, 0.1) is 0 Å². The SMILES string of the molecule is Nc1ccc(-c2nc(C(F)(F)C(F)F)c(C(=O)O)s2)cc1. The number of nitrogen functional groups attached to an aromatic ring is 1. The summed E-state index contributed by atoms with van der Waals surface area (Å²) in [5.41, 5.74) is 4.76. The van der Waals surface area contributed by atoms with Gasteiger partial charge < -0.3 is 10.8 Å². The zero-order valence-electron chi connectivity index (χ0n) is 10.2. The minimum absolute atomic E-state index is 0.0947. The van der Waals surface area contributed by atoms with Gasteiger partial charge in [-0.3, -0.25) is 0 Å². The predicted molar refractivity (Wildman–Crippen MR) is 68.8 cm³/mol. The Kier molecular flexibility index (Phi) is 3.86. The van der Waals surface area contributed by atoms with Gasteiger partial charge in [0, 0.05) is 11.3 Å². The Morgan fingerprint density at radius 3 is 2.33 bits per heavy atom. The maximum Gasteiger partial charge on any atom is 0.350 e. The number of alkyl halides is 4. The van der Waals surface area contributed by atoms with E-state index in [0.717, 1.165) is 0 Å². The molecule has 2 aromatic rings. The normalized spacial score (nSPS) is 11.9. The highest BCUT2D eigenvalue weighted by atomic mass is 32.1. The van der Waals surface area contributed by atoms with Crippen molar-refractivity contribution in [2.24, 2.45) is 0 Å². The number of hydrogen-bond acceptors (Lipinski definition) is 4. The molecule has 9 heteroatoms. The zero-order valence-corrected chi connectivity index (χ0v) is 11.0. The van der Waals surface area contributed by atoms with E-state index in [0.29, 0.717) is 22.6 Å². The van der Waals surface area contributed by atoms with Crippen LogP contribution in [-0.2, 0) is 5.92 Å². The highest BCUT2D eigenvalue weighted by Gasteiger charge is 2.48. The van der Waals surface area contributed by atoms with Crippen molar-refractivity contribution in [3.63, 3.8) is 0 Å². The smallest absolute Gasteiger partial charge is 0.350 e. The van der Waals surface area contributed by atoms with E-state index in [-0.39, 0.29) is 5.01 Å². The third-order valence-electron chi connectivity index (χ3n) is 2.57. The van der Waals surface area contributed by atoms with Gasteiger partial charge in [-0.05, 0) is 24.3 Å². The molecule has 0 aliphatic rings. The van der Waals surface area contributed by atoms with Crippen molar-refractivity contribution in [2.45, 2.75) is 12.3 Å². The lowest BCUT2D eigenvalue weighted by atomic mass is 10.2. The number of thiazole rings is 1. The summed E-state index contributed by atoms with van der Waals surface area (Å²) < 4.78 is 51.6. The van der Waals surface area contributed by atoms with Gasteiger partial charge in [0.15, 0.2) is 0 Å². The van der Waals surface area contributed by atoms with E-state index in [9.17, 15) is 22.4 Å². The van der Waals surface area contributed by atoms with Gasteiger partial charge in [0.1, 0.15) is 15.6 Å². The monoisotopic (exact) mass is 320 g/mol. The molecule has 3 N–H and O–H groups in total. The van der Waals surface area contributed by atoms with Gasteiger partial charge in [-0.1, -0.05) is 0 Å². The number of aromatic nitrogens is 1. The Labute approximate surface area is 119 Å². The molecule has 1 aromatic carbocycles. The zero-order chi connectivity index (χ0) is 15.8. The Hall–Kier alpha value is -2.16. The second kappa shape index (κ2) is 5.32. The molecule has 21 heavy (non-hydrogen) atoms. The van der Waals surface area contributed by atoms with Crippen LogP contribution in [0.4, 0.5) is 23.2 Å². The molecule has 0 amide bonds. The highest BCUT2D eigenvalue weighted by Crippen LogP contribution is 2.40. The Balaban J connectivity index is 2.57. The molecule has 0 saturated carbocycles. The van der Waals surface area contributed by atoms with Gasteiger partial charge in [0.05, 0.1) is 0 Å². The molecular weight excluding hydrogens is 312 g/mol. The number of nitrogens with zero attached hydrogens (tertiary/aromatic N) is 1. The molecule has 0 bridgehead atoms. The van der Waals surface area contributed by atoms with Crippen molar-refractivity contribution < 1.29 is 27.5 Å². The number of rotatable bonds is 4. The molecule has 0 aliphatic carbocycles. The number of carboxylic acids is 1. The second-order valence-corrected chi connectivity index (χ2v) is 5.05. The topological polar surface area (TPSA) is 76.2 Å². The molecule has 2 rings (SSSR count). The Bertz CT molecular complexity index is 670. The first-order valence-corrected chi connectivity index (χ1v) is 6.31. The molecule has 0 fully saturated rings. The maximum atomic E-state index is 13.4. The Morgan fingerprint density at radius 1 is 1.29 bits per heavy atom. The van der Waals surface area contributed by atoms with Crippen LogP contribution in [0.1, 0.15) is 15.4 Å². The molecule has 0 radical (unpaired) electrons. The molecule has 1 heterocycles.